The highest BCUT2D eigenvalue weighted by Gasteiger charge is 2.37. The van der Waals surface area contributed by atoms with Crippen LogP contribution in [-0.2, 0) is 9.53 Å². The maximum absolute atomic E-state index is 13.4. The lowest BCUT2D eigenvalue weighted by Crippen LogP contribution is -2.29. The van der Waals surface area contributed by atoms with Gasteiger partial charge < -0.3 is 19.9 Å². The van der Waals surface area contributed by atoms with Crippen molar-refractivity contribution >= 4 is 28.6 Å². The number of phenols is 1. The fourth-order valence-electron chi connectivity index (χ4n) is 4.27. The minimum atomic E-state index is -0.558. The molecule has 0 unspecified atom stereocenters. The Morgan fingerprint density at radius 2 is 1.85 bits per heavy atom. The highest BCUT2D eigenvalue weighted by atomic mass is 16.5. The van der Waals surface area contributed by atoms with E-state index in [1.54, 1.807) is 25.1 Å². The third kappa shape index (κ3) is 3.47. The number of aromatic nitrogens is 2. The van der Waals surface area contributed by atoms with Crippen LogP contribution in [0.4, 0.5) is 5.95 Å². The van der Waals surface area contributed by atoms with E-state index in [4.69, 9.17) is 14.5 Å². The molecule has 5 rings (SSSR count). The number of anilines is 1. The van der Waals surface area contributed by atoms with Gasteiger partial charge in [0.2, 0.25) is 5.95 Å². The first-order valence-electron chi connectivity index (χ1n) is 10.7. The highest BCUT2D eigenvalue weighted by molar-refractivity contribution is 6.03. The van der Waals surface area contributed by atoms with E-state index >= 15 is 0 Å². The summed E-state index contributed by atoms with van der Waals surface area (Å²) < 4.78 is 12.9. The monoisotopic (exact) mass is 441 g/mol. The number of methoxy groups -OCH3 is 1. The molecular formula is C26H23N3O4. The van der Waals surface area contributed by atoms with Crippen molar-refractivity contribution in [3.8, 4) is 11.5 Å². The van der Waals surface area contributed by atoms with Gasteiger partial charge in [-0.2, -0.15) is 0 Å². The summed E-state index contributed by atoms with van der Waals surface area (Å²) in [6.45, 7) is 2.03. The van der Waals surface area contributed by atoms with Crippen LogP contribution < -0.4 is 10.1 Å². The predicted octanol–water partition coefficient (Wildman–Crippen LogP) is 4.74. The Kier molecular flexibility index (Phi) is 5.22. The third-order valence-electron chi connectivity index (χ3n) is 5.71. The quantitative estimate of drug-likeness (QED) is 0.435. The first-order chi connectivity index (χ1) is 16.1. The van der Waals surface area contributed by atoms with Crippen molar-refractivity contribution in [3.05, 3.63) is 89.5 Å². The molecule has 3 aromatic carbocycles. The van der Waals surface area contributed by atoms with Gasteiger partial charge in [0, 0.05) is 0 Å². The van der Waals surface area contributed by atoms with E-state index in [1.165, 1.54) is 7.11 Å². The van der Waals surface area contributed by atoms with Crippen LogP contribution in [0.2, 0.25) is 0 Å². The number of aromatic hydroxyl groups is 1. The lowest BCUT2D eigenvalue weighted by Gasteiger charge is -2.31. The van der Waals surface area contributed by atoms with Crippen molar-refractivity contribution in [2.24, 2.45) is 0 Å². The summed E-state index contributed by atoms with van der Waals surface area (Å²) in [6, 6.07) is 21.9. The molecule has 4 aromatic rings. The standard InChI is InChI=1S/C26H23N3O4/c1-3-33-25(31)22-23(16-9-5-4-6-10-16)28-26-27-18-11-7-8-12-19(18)29(26)24(22)17-13-14-20(30)21(15-17)32-2/h4-15,24,30H,3H2,1-2H3,(H,27,28)/t24-/m0/s1. The number of hydrogen-bond acceptors (Lipinski definition) is 6. The van der Waals surface area contributed by atoms with E-state index in [0.29, 0.717) is 23.0 Å². The normalized spacial score (nSPS) is 15.2. The van der Waals surface area contributed by atoms with Crippen LogP contribution in [0.25, 0.3) is 16.7 Å². The van der Waals surface area contributed by atoms with E-state index in [9.17, 15) is 9.90 Å². The molecule has 0 saturated heterocycles. The topological polar surface area (TPSA) is 85.6 Å². The number of fused-ring (bicyclic) bond motifs is 3. The highest BCUT2D eigenvalue weighted by Crippen LogP contribution is 2.43. The van der Waals surface area contributed by atoms with Gasteiger partial charge >= 0.3 is 5.97 Å². The van der Waals surface area contributed by atoms with Gasteiger partial charge in [-0.05, 0) is 42.3 Å². The minimum absolute atomic E-state index is 0.0239. The van der Waals surface area contributed by atoms with Crippen molar-refractivity contribution < 1.29 is 19.4 Å². The number of benzene rings is 3. The average molecular weight is 441 g/mol. The number of para-hydroxylation sites is 2. The number of carbonyl (C=O) groups is 1. The first-order valence-corrected chi connectivity index (χ1v) is 10.7. The fraction of sp³-hybridized carbons (Fsp3) is 0.154. The van der Waals surface area contributed by atoms with E-state index in [2.05, 4.69) is 5.32 Å². The predicted molar refractivity (Wildman–Crippen MR) is 126 cm³/mol. The molecule has 0 fully saturated rings. The third-order valence-corrected chi connectivity index (χ3v) is 5.71. The summed E-state index contributed by atoms with van der Waals surface area (Å²) in [5, 5.41) is 13.6. The molecule has 1 aromatic heterocycles. The molecule has 0 saturated carbocycles. The molecule has 0 aliphatic carbocycles. The van der Waals surface area contributed by atoms with Gasteiger partial charge in [-0.15, -0.1) is 0 Å². The molecule has 0 radical (unpaired) electrons. The SMILES string of the molecule is CCOC(=O)C1=C(c2ccccc2)Nc2nc3ccccc3n2[C@H]1c1ccc(O)c(OC)c1. The van der Waals surface area contributed by atoms with E-state index < -0.39 is 12.0 Å². The van der Waals surface area contributed by atoms with Crippen LogP contribution >= 0.6 is 0 Å². The molecule has 0 bridgehead atoms. The van der Waals surface area contributed by atoms with E-state index in [1.807, 2.05) is 59.2 Å². The smallest absolute Gasteiger partial charge is 0.338 e. The molecule has 7 heteroatoms. The molecule has 1 atom stereocenters. The second-order valence-corrected chi connectivity index (χ2v) is 7.63. The lowest BCUT2D eigenvalue weighted by molar-refractivity contribution is -0.138. The second-order valence-electron chi connectivity index (χ2n) is 7.63. The number of ether oxygens (including phenoxy) is 2. The number of nitrogens with one attached hydrogen (secondary N) is 1. The Bertz CT molecular complexity index is 1380. The molecule has 1 aliphatic rings. The van der Waals surface area contributed by atoms with Crippen LogP contribution in [-0.4, -0.2) is 34.3 Å². The Hall–Kier alpha value is -4.26. The Morgan fingerprint density at radius 1 is 1.09 bits per heavy atom. The maximum atomic E-state index is 13.4. The van der Waals surface area contributed by atoms with Gasteiger partial charge in [0.15, 0.2) is 11.5 Å². The summed E-state index contributed by atoms with van der Waals surface area (Å²) in [5.74, 6) is 0.529. The minimum Gasteiger partial charge on any atom is -0.504 e. The summed E-state index contributed by atoms with van der Waals surface area (Å²) in [6.07, 6.45) is 0. The maximum Gasteiger partial charge on any atom is 0.338 e. The van der Waals surface area contributed by atoms with E-state index in [-0.39, 0.29) is 12.4 Å². The Morgan fingerprint density at radius 3 is 2.61 bits per heavy atom. The number of carbonyl (C=O) groups excluding carboxylic acids is 1. The van der Waals surface area contributed by atoms with Gasteiger partial charge in [-0.1, -0.05) is 48.5 Å². The molecule has 0 spiro atoms. The first kappa shape index (κ1) is 20.6. The van der Waals surface area contributed by atoms with Crippen molar-refractivity contribution in [1.29, 1.82) is 0 Å². The molecule has 2 N–H and O–H groups in total. The van der Waals surface area contributed by atoms with Crippen LogP contribution in [0.5, 0.6) is 11.5 Å². The van der Waals surface area contributed by atoms with E-state index in [0.717, 1.165) is 22.2 Å². The van der Waals surface area contributed by atoms with Crippen LogP contribution in [0.1, 0.15) is 24.1 Å². The summed E-state index contributed by atoms with van der Waals surface area (Å²) in [5.41, 5.74) is 4.35. The zero-order valence-electron chi connectivity index (χ0n) is 18.3. The molecule has 2 heterocycles. The lowest BCUT2D eigenvalue weighted by atomic mass is 9.92. The number of hydrogen-bond donors (Lipinski definition) is 2. The molecule has 166 valence electrons. The second kappa shape index (κ2) is 8.35. The van der Waals surface area contributed by atoms with Gasteiger partial charge in [0.1, 0.15) is 0 Å². The van der Waals surface area contributed by atoms with Crippen molar-refractivity contribution in [1.82, 2.24) is 9.55 Å². The van der Waals surface area contributed by atoms with Crippen molar-refractivity contribution in [2.45, 2.75) is 13.0 Å². The van der Waals surface area contributed by atoms with Crippen LogP contribution in [0.15, 0.2) is 78.4 Å². The Balaban J connectivity index is 1.84. The van der Waals surface area contributed by atoms with Gasteiger partial charge in [0.25, 0.3) is 0 Å². The van der Waals surface area contributed by atoms with Gasteiger partial charge in [-0.25, -0.2) is 9.78 Å². The number of rotatable bonds is 5. The number of nitrogens with zero attached hydrogens (tertiary/aromatic N) is 2. The van der Waals surface area contributed by atoms with Gasteiger partial charge in [0.05, 0.1) is 42.1 Å². The molecule has 1 aliphatic heterocycles. The average Bonchev–Trinajstić information content (AvgIpc) is 3.22. The molecule has 0 amide bonds. The zero-order chi connectivity index (χ0) is 22.9. The summed E-state index contributed by atoms with van der Waals surface area (Å²) >= 11 is 0. The van der Waals surface area contributed by atoms with Crippen molar-refractivity contribution in [3.63, 3.8) is 0 Å². The largest absolute Gasteiger partial charge is 0.504 e. The number of phenolic OH excluding ortho intramolecular Hbond substituents is 1. The Labute approximate surface area is 190 Å². The number of esters is 1. The number of imidazole rings is 1. The zero-order valence-corrected chi connectivity index (χ0v) is 18.3. The summed E-state index contributed by atoms with van der Waals surface area (Å²) in [4.78, 5) is 18.2. The molecular weight excluding hydrogens is 418 g/mol. The van der Waals surface area contributed by atoms with Crippen LogP contribution in [0.3, 0.4) is 0 Å². The van der Waals surface area contributed by atoms with Gasteiger partial charge in [-0.3, -0.25) is 4.57 Å². The molecule has 33 heavy (non-hydrogen) atoms. The van der Waals surface area contributed by atoms with Crippen molar-refractivity contribution in [2.75, 3.05) is 19.0 Å². The molecule has 7 nitrogen and oxygen atoms in total. The fourth-order valence-corrected chi connectivity index (χ4v) is 4.27. The summed E-state index contributed by atoms with van der Waals surface area (Å²) in [7, 11) is 1.50. The van der Waals surface area contributed by atoms with Crippen LogP contribution in [0, 0.1) is 0 Å².